The second-order valence-electron chi connectivity index (χ2n) is 4.90. The van der Waals surface area contributed by atoms with E-state index in [2.05, 4.69) is 10.6 Å². The van der Waals surface area contributed by atoms with E-state index in [1.807, 2.05) is 6.07 Å². The van der Waals surface area contributed by atoms with Gasteiger partial charge in [0.05, 0.1) is 34.1 Å². The topological polar surface area (TPSA) is 64.9 Å². The van der Waals surface area contributed by atoms with E-state index < -0.39 is 17.6 Å². The number of nitriles is 1. The lowest BCUT2D eigenvalue weighted by Gasteiger charge is -2.12. The Labute approximate surface area is 151 Å². The normalized spacial score (nSPS) is 10.9. The van der Waals surface area contributed by atoms with Gasteiger partial charge in [0.2, 0.25) is 5.91 Å². The van der Waals surface area contributed by atoms with Crippen molar-refractivity contribution in [3.63, 3.8) is 0 Å². The summed E-state index contributed by atoms with van der Waals surface area (Å²) in [6.45, 7) is -0.261. The van der Waals surface area contributed by atoms with Crippen LogP contribution < -0.4 is 10.6 Å². The summed E-state index contributed by atoms with van der Waals surface area (Å²) in [6, 6.07) is 9.06. The number of carbonyl (C=O) groups excluding carboxylic acids is 1. The van der Waals surface area contributed by atoms with Crippen LogP contribution in [0.4, 0.5) is 24.5 Å². The largest absolute Gasteiger partial charge is 0.416 e. The van der Waals surface area contributed by atoms with Crippen molar-refractivity contribution >= 4 is 40.5 Å². The monoisotopic (exact) mass is 387 g/mol. The zero-order chi connectivity index (χ0) is 18.6. The van der Waals surface area contributed by atoms with Gasteiger partial charge >= 0.3 is 6.18 Å². The van der Waals surface area contributed by atoms with Crippen molar-refractivity contribution in [1.29, 1.82) is 5.26 Å². The van der Waals surface area contributed by atoms with Gasteiger partial charge in [-0.3, -0.25) is 4.79 Å². The molecular formula is C16H10Cl2F3N3O. The summed E-state index contributed by atoms with van der Waals surface area (Å²) in [5.41, 5.74) is -0.243. The molecule has 0 radical (unpaired) electrons. The van der Waals surface area contributed by atoms with Gasteiger partial charge in [0.25, 0.3) is 0 Å². The minimum Gasteiger partial charge on any atom is -0.375 e. The molecule has 2 rings (SSSR count). The second-order valence-corrected chi connectivity index (χ2v) is 5.74. The average Bonchev–Trinajstić information content (AvgIpc) is 2.53. The smallest absolute Gasteiger partial charge is 0.375 e. The number of carbonyl (C=O) groups is 1. The highest BCUT2D eigenvalue weighted by Gasteiger charge is 2.30. The van der Waals surface area contributed by atoms with E-state index >= 15 is 0 Å². The highest BCUT2D eigenvalue weighted by Crippen LogP contribution is 2.33. The fraction of sp³-hybridized carbons (Fsp3) is 0.125. The Kier molecular flexibility index (Phi) is 5.77. The molecule has 0 aromatic heterocycles. The van der Waals surface area contributed by atoms with E-state index in [1.165, 1.54) is 18.2 Å². The summed E-state index contributed by atoms with van der Waals surface area (Å²) < 4.78 is 37.7. The Morgan fingerprint density at radius 2 is 1.84 bits per heavy atom. The van der Waals surface area contributed by atoms with Crippen LogP contribution in [0.25, 0.3) is 0 Å². The summed E-state index contributed by atoms with van der Waals surface area (Å²) in [6.07, 6.45) is -4.50. The van der Waals surface area contributed by atoms with Crippen molar-refractivity contribution < 1.29 is 18.0 Å². The molecule has 0 heterocycles. The van der Waals surface area contributed by atoms with Gasteiger partial charge in [-0.25, -0.2) is 0 Å². The molecule has 0 aliphatic heterocycles. The molecule has 0 spiro atoms. The third-order valence-electron chi connectivity index (χ3n) is 3.11. The standard InChI is InChI=1S/C16H10Cl2F3N3O/c17-11-3-1-9(7-22)14(6-11)24-15(25)8-23-13-4-2-10(5-12(13)18)16(19,20)21/h1-6,23H,8H2,(H,24,25). The SMILES string of the molecule is N#Cc1ccc(Cl)cc1NC(=O)CNc1ccc(C(F)(F)F)cc1Cl. The minimum atomic E-state index is -4.50. The molecule has 0 saturated carbocycles. The van der Waals surface area contributed by atoms with E-state index in [-0.39, 0.29) is 28.5 Å². The molecule has 0 bridgehead atoms. The number of nitrogens with one attached hydrogen (secondary N) is 2. The molecular weight excluding hydrogens is 378 g/mol. The van der Waals surface area contributed by atoms with Crippen LogP contribution in [-0.2, 0) is 11.0 Å². The molecule has 0 fully saturated rings. The quantitative estimate of drug-likeness (QED) is 0.780. The lowest BCUT2D eigenvalue weighted by Crippen LogP contribution is -2.22. The molecule has 2 aromatic carbocycles. The molecule has 0 aliphatic rings. The van der Waals surface area contributed by atoms with Crippen LogP contribution >= 0.6 is 23.2 Å². The highest BCUT2D eigenvalue weighted by atomic mass is 35.5. The number of alkyl halides is 3. The predicted octanol–water partition coefficient (Wildman–Crippen LogP) is 4.93. The van der Waals surface area contributed by atoms with E-state index in [9.17, 15) is 18.0 Å². The van der Waals surface area contributed by atoms with Gasteiger partial charge in [0.15, 0.2) is 0 Å². The number of hydrogen-bond acceptors (Lipinski definition) is 3. The molecule has 25 heavy (non-hydrogen) atoms. The molecule has 9 heteroatoms. The molecule has 0 atom stereocenters. The maximum atomic E-state index is 12.6. The first kappa shape index (κ1) is 18.9. The molecule has 0 aliphatic carbocycles. The molecule has 2 N–H and O–H groups in total. The van der Waals surface area contributed by atoms with E-state index in [0.717, 1.165) is 18.2 Å². The molecule has 0 unspecified atom stereocenters. The summed E-state index contributed by atoms with van der Waals surface area (Å²) in [4.78, 5) is 12.0. The maximum absolute atomic E-state index is 12.6. The second kappa shape index (κ2) is 7.64. The van der Waals surface area contributed by atoms with Gasteiger partial charge in [-0.15, -0.1) is 0 Å². The first-order valence-electron chi connectivity index (χ1n) is 6.81. The van der Waals surface area contributed by atoms with Crippen LogP contribution in [0.1, 0.15) is 11.1 Å². The number of anilines is 2. The Balaban J connectivity index is 2.04. The molecule has 0 saturated heterocycles. The van der Waals surface area contributed by atoms with Crippen LogP contribution in [0, 0.1) is 11.3 Å². The Morgan fingerprint density at radius 1 is 1.12 bits per heavy atom. The van der Waals surface area contributed by atoms with Crippen LogP contribution in [-0.4, -0.2) is 12.5 Å². The van der Waals surface area contributed by atoms with Gasteiger partial charge in [-0.2, -0.15) is 18.4 Å². The van der Waals surface area contributed by atoms with E-state index in [1.54, 1.807) is 0 Å². The Hall–Kier alpha value is -2.43. The molecule has 2 aromatic rings. The van der Waals surface area contributed by atoms with E-state index in [4.69, 9.17) is 28.5 Å². The number of rotatable bonds is 4. The van der Waals surface area contributed by atoms with Crippen molar-refractivity contribution in [3.8, 4) is 6.07 Å². The lowest BCUT2D eigenvalue weighted by molar-refractivity contribution is -0.137. The van der Waals surface area contributed by atoms with Gasteiger partial charge in [-0.1, -0.05) is 23.2 Å². The predicted molar refractivity (Wildman–Crippen MR) is 89.7 cm³/mol. The van der Waals surface area contributed by atoms with Crippen molar-refractivity contribution in [1.82, 2.24) is 0 Å². The zero-order valence-electron chi connectivity index (χ0n) is 12.4. The van der Waals surface area contributed by atoms with Crippen molar-refractivity contribution in [3.05, 3.63) is 57.6 Å². The van der Waals surface area contributed by atoms with Gasteiger partial charge in [-0.05, 0) is 36.4 Å². The number of amides is 1. The zero-order valence-corrected chi connectivity index (χ0v) is 13.9. The lowest BCUT2D eigenvalue weighted by atomic mass is 10.2. The summed E-state index contributed by atoms with van der Waals surface area (Å²) in [5.74, 6) is -0.519. The molecule has 130 valence electrons. The van der Waals surface area contributed by atoms with Gasteiger partial charge in [0, 0.05) is 5.02 Å². The fourth-order valence-corrected chi connectivity index (χ4v) is 2.34. The van der Waals surface area contributed by atoms with Crippen LogP contribution in [0.3, 0.4) is 0 Å². The number of benzene rings is 2. The fourth-order valence-electron chi connectivity index (χ4n) is 1.92. The number of halogens is 5. The van der Waals surface area contributed by atoms with Crippen molar-refractivity contribution in [2.24, 2.45) is 0 Å². The summed E-state index contributed by atoms with van der Waals surface area (Å²) in [7, 11) is 0. The average molecular weight is 388 g/mol. The Morgan fingerprint density at radius 3 is 2.44 bits per heavy atom. The van der Waals surface area contributed by atoms with Gasteiger partial charge in [0.1, 0.15) is 6.07 Å². The summed E-state index contributed by atoms with van der Waals surface area (Å²) >= 11 is 11.6. The third kappa shape index (κ3) is 5.02. The van der Waals surface area contributed by atoms with Crippen LogP contribution in [0.5, 0.6) is 0 Å². The number of hydrogen-bond donors (Lipinski definition) is 2. The number of nitrogens with zero attached hydrogens (tertiary/aromatic N) is 1. The van der Waals surface area contributed by atoms with Crippen molar-refractivity contribution in [2.75, 3.05) is 17.2 Å². The van der Waals surface area contributed by atoms with Gasteiger partial charge < -0.3 is 10.6 Å². The highest BCUT2D eigenvalue weighted by molar-refractivity contribution is 6.33. The summed E-state index contributed by atoms with van der Waals surface area (Å²) in [5, 5.41) is 14.3. The van der Waals surface area contributed by atoms with Crippen LogP contribution in [0.15, 0.2) is 36.4 Å². The first-order chi connectivity index (χ1) is 11.7. The molecule has 4 nitrogen and oxygen atoms in total. The molecule has 1 amide bonds. The van der Waals surface area contributed by atoms with Crippen LogP contribution in [0.2, 0.25) is 10.0 Å². The van der Waals surface area contributed by atoms with Crippen molar-refractivity contribution in [2.45, 2.75) is 6.18 Å². The Bertz CT molecular complexity index is 847. The third-order valence-corrected chi connectivity index (χ3v) is 3.66. The minimum absolute atomic E-state index is 0.164. The maximum Gasteiger partial charge on any atom is 0.416 e. The van der Waals surface area contributed by atoms with E-state index in [0.29, 0.717) is 5.02 Å². The first-order valence-corrected chi connectivity index (χ1v) is 7.56.